The van der Waals surface area contributed by atoms with Crippen molar-refractivity contribution in [2.75, 3.05) is 12.0 Å². The molecule has 36 heavy (non-hydrogen) atoms. The molecule has 2 aliphatic rings. The van der Waals surface area contributed by atoms with Crippen molar-refractivity contribution in [3.05, 3.63) is 97.9 Å². The van der Waals surface area contributed by atoms with E-state index >= 15 is 0 Å². The predicted octanol–water partition coefficient (Wildman–Crippen LogP) is 5.49. The monoisotopic (exact) mass is 562 g/mol. The van der Waals surface area contributed by atoms with Crippen LogP contribution in [0.5, 0.6) is 0 Å². The van der Waals surface area contributed by atoms with E-state index in [4.69, 9.17) is 51.1 Å². The van der Waals surface area contributed by atoms with Crippen LogP contribution >= 0.6 is 46.4 Å². The molecule has 2 aliphatic heterocycles. The van der Waals surface area contributed by atoms with Crippen molar-refractivity contribution in [3.63, 3.8) is 0 Å². The summed E-state index contributed by atoms with van der Waals surface area (Å²) in [6.07, 6.45) is 0. The van der Waals surface area contributed by atoms with Gasteiger partial charge in [-0.3, -0.25) is 19.7 Å². The molecule has 1 N–H and O–H groups in total. The molecular weight excluding hydrogens is 546 g/mol. The molecule has 0 unspecified atom stereocenters. The summed E-state index contributed by atoms with van der Waals surface area (Å²) >= 11 is 25.1. The molecule has 0 spiro atoms. The number of carbonyl (C=O) groups excluding carboxylic acids is 3. The molecule has 0 aliphatic carbocycles. The summed E-state index contributed by atoms with van der Waals surface area (Å²) in [5, 5.41) is 4.54. The maximum Gasteiger partial charge on any atom is 0.323 e. The predicted molar refractivity (Wildman–Crippen MR) is 139 cm³/mol. The summed E-state index contributed by atoms with van der Waals surface area (Å²) in [5.74, 6) is -3.97. The van der Waals surface area contributed by atoms with Crippen molar-refractivity contribution in [1.82, 2.24) is 5.32 Å². The van der Waals surface area contributed by atoms with Crippen LogP contribution in [0.3, 0.4) is 0 Å². The Bertz CT molecular complexity index is 1310. The van der Waals surface area contributed by atoms with Crippen molar-refractivity contribution >= 4 is 69.9 Å². The van der Waals surface area contributed by atoms with Crippen LogP contribution in [-0.4, -0.2) is 30.9 Å². The average Bonchev–Trinajstić information content (AvgIpc) is 3.35. The maximum absolute atomic E-state index is 14.2. The summed E-state index contributed by atoms with van der Waals surface area (Å²) < 4.78 is 5.04. The number of methoxy groups -OCH3 is 1. The minimum Gasteiger partial charge on any atom is -0.468 e. The molecule has 10 heteroatoms. The number of rotatable bonds is 4. The Kier molecular flexibility index (Phi) is 6.52. The minimum absolute atomic E-state index is 0.0787. The lowest BCUT2D eigenvalue weighted by Crippen LogP contribution is -2.52. The number of halogens is 4. The number of ether oxygens (including phenoxy) is 1. The first-order valence-electron chi connectivity index (χ1n) is 10.9. The number of hydrogen-bond donors (Lipinski definition) is 1. The standard InChI is InChI=1S/C26H18Cl4N2O4/c1-36-25(35)21-19-20(24(34)32(23(19)33)22-17(29)3-2-4-18(22)30)26(31-21,13-5-9-15(27)10-6-13)14-7-11-16(28)12-8-14/h2-12,19-21,31H,1H3/t19-,20+,21+/m0/s1. The minimum atomic E-state index is -1.30. The fourth-order valence-corrected chi connectivity index (χ4v) is 6.10. The van der Waals surface area contributed by atoms with Crippen LogP contribution in [0.15, 0.2) is 66.7 Å². The molecule has 0 bridgehead atoms. The fraction of sp³-hybridized carbons (Fsp3) is 0.192. The molecule has 2 heterocycles. The summed E-state index contributed by atoms with van der Waals surface area (Å²) in [6.45, 7) is 0. The Balaban J connectivity index is 1.79. The van der Waals surface area contributed by atoms with Crippen LogP contribution in [0.1, 0.15) is 11.1 Å². The highest BCUT2D eigenvalue weighted by Crippen LogP contribution is 2.53. The lowest BCUT2D eigenvalue weighted by atomic mass is 9.72. The van der Waals surface area contributed by atoms with E-state index < -0.39 is 41.2 Å². The van der Waals surface area contributed by atoms with Crippen LogP contribution < -0.4 is 10.2 Å². The third kappa shape index (κ3) is 3.71. The first-order chi connectivity index (χ1) is 17.2. The Hall–Kier alpha value is -2.61. The zero-order valence-electron chi connectivity index (χ0n) is 18.7. The number of imide groups is 1. The van der Waals surface area contributed by atoms with E-state index in [1.54, 1.807) is 66.7 Å². The summed E-state index contributed by atoms with van der Waals surface area (Å²) in [5.41, 5.74) is 0.0382. The first kappa shape index (κ1) is 25.1. The van der Waals surface area contributed by atoms with Crippen molar-refractivity contribution < 1.29 is 19.1 Å². The van der Waals surface area contributed by atoms with Gasteiger partial charge in [-0.2, -0.15) is 0 Å². The number of esters is 1. The number of amides is 2. The van der Waals surface area contributed by atoms with Crippen molar-refractivity contribution in [1.29, 1.82) is 0 Å². The zero-order valence-corrected chi connectivity index (χ0v) is 21.7. The van der Waals surface area contributed by atoms with Crippen molar-refractivity contribution in [3.8, 4) is 0 Å². The molecule has 3 aromatic carbocycles. The number of fused-ring (bicyclic) bond motifs is 1. The molecule has 184 valence electrons. The Morgan fingerprint density at radius 1 is 0.833 bits per heavy atom. The van der Waals surface area contributed by atoms with Gasteiger partial charge in [0.1, 0.15) is 6.04 Å². The number of anilines is 1. The SMILES string of the molecule is COC(=O)[C@@H]1NC(c2ccc(Cl)cc2)(c2ccc(Cl)cc2)[C@H]2C(=O)N(c3c(Cl)cccc3Cl)C(=O)[C@H]12. The summed E-state index contributed by atoms with van der Waals surface area (Å²) in [4.78, 5) is 42.1. The lowest BCUT2D eigenvalue weighted by molar-refractivity contribution is -0.145. The van der Waals surface area contributed by atoms with Crippen LogP contribution in [0, 0.1) is 11.8 Å². The molecule has 0 radical (unpaired) electrons. The van der Waals surface area contributed by atoms with Crippen LogP contribution in [0.4, 0.5) is 5.69 Å². The van der Waals surface area contributed by atoms with E-state index in [0.29, 0.717) is 21.2 Å². The topological polar surface area (TPSA) is 75.7 Å². The third-order valence-corrected chi connectivity index (χ3v) is 7.89. The lowest BCUT2D eigenvalue weighted by Gasteiger charge is -2.36. The third-order valence-electron chi connectivity index (χ3n) is 6.78. The number of hydrogen-bond acceptors (Lipinski definition) is 5. The number of nitrogens with zero attached hydrogens (tertiary/aromatic N) is 1. The smallest absolute Gasteiger partial charge is 0.323 e. The van der Waals surface area contributed by atoms with E-state index in [1.165, 1.54) is 7.11 Å². The van der Waals surface area contributed by atoms with Crippen molar-refractivity contribution in [2.24, 2.45) is 11.8 Å². The van der Waals surface area contributed by atoms with Gasteiger partial charge < -0.3 is 4.74 Å². The normalized spacial score (nSPS) is 22.6. The Morgan fingerprint density at radius 3 is 1.81 bits per heavy atom. The van der Waals surface area contributed by atoms with E-state index in [-0.39, 0.29) is 15.7 Å². The molecular formula is C26H18Cl4N2O4. The van der Waals surface area contributed by atoms with Gasteiger partial charge in [-0.05, 0) is 47.5 Å². The largest absolute Gasteiger partial charge is 0.468 e. The van der Waals surface area contributed by atoms with Crippen LogP contribution in [0.2, 0.25) is 20.1 Å². The van der Waals surface area contributed by atoms with Gasteiger partial charge in [-0.1, -0.05) is 76.7 Å². The quantitative estimate of drug-likeness (QED) is 0.335. The molecule has 2 amide bonds. The first-order valence-corrected chi connectivity index (χ1v) is 12.4. The van der Waals surface area contributed by atoms with Crippen molar-refractivity contribution in [2.45, 2.75) is 11.6 Å². The van der Waals surface area contributed by atoms with Gasteiger partial charge in [0.15, 0.2) is 0 Å². The van der Waals surface area contributed by atoms with E-state index in [9.17, 15) is 14.4 Å². The Labute approximate surface area is 227 Å². The van der Waals surface area contributed by atoms with Gasteiger partial charge >= 0.3 is 5.97 Å². The zero-order chi connectivity index (χ0) is 25.8. The Morgan fingerprint density at radius 2 is 1.33 bits per heavy atom. The van der Waals surface area contributed by atoms with Gasteiger partial charge in [0.05, 0.1) is 40.2 Å². The highest BCUT2D eigenvalue weighted by Gasteiger charge is 2.68. The summed E-state index contributed by atoms with van der Waals surface area (Å²) in [6, 6.07) is 17.3. The molecule has 6 nitrogen and oxygen atoms in total. The molecule has 0 saturated carbocycles. The summed E-state index contributed by atoms with van der Waals surface area (Å²) in [7, 11) is 1.23. The highest BCUT2D eigenvalue weighted by atomic mass is 35.5. The van der Waals surface area contributed by atoms with Gasteiger partial charge in [0.25, 0.3) is 0 Å². The number of nitrogens with one attached hydrogen (secondary N) is 1. The van der Waals surface area contributed by atoms with Crippen LogP contribution in [0.25, 0.3) is 0 Å². The highest BCUT2D eigenvalue weighted by molar-refractivity contribution is 6.42. The molecule has 3 aromatic rings. The van der Waals surface area contributed by atoms with Gasteiger partial charge in [-0.15, -0.1) is 0 Å². The molecule has 2 saturated heterocycles. The van der Waals surface area contributed by atoms with E-state index in [1.807, 2.05) is 0 Å². The van der Waals surface area contributed by atoms with E-state index in [0.717, 1.165) is 4.90 Å². The number of para-hydroxylation sites is 1. The second-order valence-corrected chi connectivity index (χ2v) is 10.2. The molecule has 0 aromatic heterocycles. The van der Waals surface area contributed by atoms with Gasteiger partial charge in [0.2, 0.25) is 11.8 Å². The molecule has 5 rings (SSSR count). The molecule has 2 fully saturated rings. The second-order valence-electron chi connectivity index (χ2n) is 8.55. The number of benzene rings is 3. The van der Waals surface area contributed by atoms with Crippen LogP contribution in [-0.2, 0) is 24.7 Å². The molecule has 3 atom stereocenters. The average molecular weight is 564 g/mol. The van der Waals surface area contributed by atoms with E-state index in [2.05, 4.69) is 5.32 Å². The number of carbonyl (C=O) groups is 3. The maximum atomic E-state index is 14.2. The van der Waals surface area contributed by atoms with Gasteiger partial charge in [0, 0.05) is 10.0 Å². The van der Waals surface area contributed by atoms with Gasteiger partial charge in [-0.25, -0.2) is 4.90 Å². The second kappa shape index (κ2) is 9.36. The fourth-order valence-electron chi connectivity index (χ4n) is 5.28.